The van der Waals surface area contributed by atoms with Crippen molar-refractivity contribution in [3.05, 3.63) is 66.5 Å². The normalized spacial score (nSPS) is 10.4. The maximum Gasteiger partial charge on any atom is 0.0897 e. The molecular formula is C17H15N3. The minimum atomic E-state index is 0.889. The lowest BCUT2D eigenvalue weighted by atomic mass is 10.1. The molecule has 0 saturated carbocycles. The van der Waals surface area contributed by atoms with E-state index in [4.69, 9.17) is 4.98 Å². The second-order valence-corrected chi connectivity index (χ2v) is 4.53. The van der Waals surface area contributed by atoms with E-state index in [1.807, 2.05) is 36.4 Å². The van der Waals surface area contributed by atoms with Crippen LogP contribution in [-0.2, 0) is 6.42 Å². The van der Waals surface area contributed by atoms with Crippen molar-refractivity contribution in [2.24, 2.45) is 0 Å². The van der Waals surface area contributed by atoms with Crippen molar-refractivity contribution >= 4 is 0 Å². The Labute approximate surface area is 118 Å². The van der Waals surface area contributed by atoms with Gasteiger partial charge in [0, 0.05) is 12.4 Å². The summed E-state index contributed by atoms with van der Waals surface area (Å²) in [6.45, 7) is 2.14. The molecule has 98 valence electrons. The third-order valence-corrected chi connectivity index (χ3v) is 3.15. The van der Waals surface area contributed by atoms with Crippen LogP contribution in [0.1, 0.15) is 12.5 Å². The third kappa shape index (κ3) is 2.57. The van der Waals surface area contributed by atoms with Gasteiger partial charge in [0.25, 0.3) is 0 Å². The molecule has 3 nitrogen and oxygen atoms in total. The first-order chi connectivity index (χ1) is 9.86. The van der Waals surface area contributed by atoms with Crippen molar-refractivity contribution in [1.29, 1.82) is 0 Å². The maximum atomic E-state index is 4.70. The monoisotopic (exact) mass is 261 g/mol. The number of rotatable bonds is 3. The number of hydrogen-bond donors (Lipinski definition) is 0. The Bertz CT molecular complexity index is 636. The summed E-state index contributed by atoms with van der Waals surface area (Å²) in [4.78, 5) is 13.4. The molecule has 0 aliphatic heterocycles. The van der Waals surface area contributed by atoms with Crippen LogP contribution in [0.15, 0.2) is 60.9 Å². The van der Waals surface area contributed by atoms with E-state index < -0.39 is 0 Å². The van der Waals surface area contributed by atoms with E-state index in [1.165, 1.54) is 5.56 Å². The van der Waals surface area contributed by atoms with Gasteiger partial charge in [0.15, 0.2) is 0 Å². The highest BCUT2D eigenvalue weighted by atomic mass is 14.8. The van der Waals surface area contributed by atoms with Crippen LogP contribution >= 0.6 is 0 Å². The summed E-state index contributed by atoms with van der Waals surface area (Å²) in [6.07, 6.45) is 4.54. The zero-order valence-electron chi connectivity index (χ0n) is 11.3. The number of nitrogens with zero attached hydrogens (tertiary/aromatic N) is 3. The molecule has 0 aromatic carbocycles. The van der Waals surface area contributed by atoms with Gasteiger partial charge in [-0.15, -0.1) is 0 Å². The van der Waals surface area contributed by atoms with Crippen LogP contribution in [0.2, 0.25) is 0 Å². The van der Waals surface area contributed by atoms with E-state index in [2.05, 4.69) is 29.0 Å². The van der Waals surface area contributed by atoms with Gasteiger partial charge < -0.3 is 0 Å². The zero-order chi connectivity index (χ0) is 13.8. The van der Waals surface area contributed by atoms with Crippen molar-refractivity contribution < 1.29 is 0 Å². The van der Waals surface area contributed by atoms with Crippen LogP contribution in [0.4, 0.5) is 0 Å². The fraction of sp³-hybridized carbons (Fsp3) is 0.118. The Morgan fingerprint density at radius 3 is 1.70 bits per heavy atom. The number of hydrogen-bond acceptors (Lipinski definition) is 3. The molecule has 20 heavy (non-hydrogen) atoms. The van der Waals surface area contributed by atoms with Gasteiger partial charge in [-0.3, -0.25) is 9.97 Å². The summed E-state index contributed by atoms with van der Waals surface area (Å²) >= 11 is 0. The maximum absolute atomic E-state index is 4.70. The van der Waals surface area contributed by atoms with E-state index in [0.717, 1.165) is 29.2 Å². The molecule has 3 heterocycles. The van der Waals surface area contributed by atoms with Gasteiger partial charge in [0.05, 0.1) is 22.8 Å². The molecular weight excluding hydrogens is 246 g/mol. The van der Waals surface area contributed by atoms with Crippen molar-refractivity contribution in [3.63, 3.8) is 0 Å². The van der Waals surface area contributed by atoms with E-state index in [-0.39, 0.29) is 0 Å². The lowest BCUT2D eigenvalue weighted by Gasteiger charge is -2.07. The molecule has 0 unspecified atom stereocenters. The number of pyridine rings is 3. The molecule has 0 aliphatic rings. The minimum Gasteiger partial charge on any atom is -0.255 e. The molecule has 0 aliphatic carbocycles. The Morgan fingerprint density at radius 1 is 0.750 bits per heavy atom. The molecule has 0 spiro atoms. The average molecular weight is 261 g/mol. The summed E-state index contributed by atoms with van der Waals surface area (Å²) in [7, 11) is 0. The van der Waals surface area contributed by atoms with Gasteiger partial charge in [-0.25, -0.2) is 4.98 Å². The fourth-order valence-electron chi connectivity index (χ4n) is 2.08. The van der Waals surface area contributed by atoms with Crippen LogP contribution in [0, 0.1) is 0 Å². The van der Waals surface area contributed by atoms with Gasteiger partial charge >= 0.3 is 0 Å². The van der Waals surface area contributed by atoms with E-state index in [0.29, 0.717) is 0 Å². The van der Waals surface area contributed by atoms with Crippen LogP contribution in [0.25, 0.3) is 22.8 Å². The number of aryl methyl sites for hydroxylation is 1. The number of aromatic nitrogens is 3. The van der Waals surface area contributed by atoms with Crippen LogP contribution in [0.5, 0.6) is 0 Å². The molecule has 0 saturated heterocycles. The van der Waals surface area contributed by atoms with Gasteiger partial charge in [-0.05, 0) is 48.4 Å². The fourth-order valence-corrected chi connectivity index (χ4v) is 2.08. The van der Waals surface area contributed by atoms with Gasteiger partial charge in [0.1, 0.15) is 0 Å². The Hall–Kier alpha value is -2.55. The van der Waals surface area contributed by atoms with Crippen molar-refractivity contribution in [1.82, 2.24) is 15.0 Å². The first-order valence-corrected chi connectivity index (χ1v) is 6.70. The molecule has 0 radical (unpaired) electrons. The second kappa shape index (κ2) is 5.61. The van der Waals surface area contributed by atoms with Crippen LogP contribution in [0.3, 0.4) is 0 Å². The van der Waals surface area contributed by atoms with Gasteiger partial charge in [0.2, 0.25) is 0 Å². The smallest absolute Gasteiger partial charge is 0.0897 e. The predicted octanol–water partition coefficient (Wildman–Crippen LogP) is 3.77. The van der Waals surface area contributed by atoms with Crippen LogP contribution in [-0.4, -0.2) is 15.0 Å². The molecule has 0 N–H and O–H groups in total. The molecule has 3 aromatic rings. The molecule has 0 amide bonds. The van der Waals surface area contributed by atoms with Crippen molar-refractivity contribution in [3.8, 4) is 22.8 Å². The molecule has 3 rings (SSSR count). The van der Waals surface area contributed by atoms with E-state index in [9.17, 15) is 0 Å². The topological polar surface area (TPSA) is 38.7 Å². The first-order valence-electron chi connectivity index (χ1n) is 6.70. The Kier molecular flexibility index (Phi) is 3.50. The molecule has 0 atom stereocenters. The SMILES string of the molecule is CCc1cc(-c2ccccn2)nc(-c2ccccn2)c1. The highest BCUT2D eigenvalue weighted by Crippen LogP contribution is 2.22. The van der Waals surface area contributed by atoms with Gasteiger partial charge in [-0.1, -0.05) is 19.1 Å². The summed E-state index contributed by atoms with van der Waals surface area (Å²) < 4.78 is 0. The molecule has 0 fully saturated rings. The van der Waals surface area contributed by atoms with Crippen LogP contribution < -0.4 is 0 Å². The highest BCUT2D eigenvalue weighted by Gasteiger charge is 2.07. The Morgan fingerprint density at radius 2 is 1.30 bits per heavy atom. The highest BCUT2D eigenvalue weighted by molar-refractivity contribution is 5.63. The molecule has 3 heteroatoms. The summed E-state index contributed by atoms with van der Waals surface area (Å²) in [5, 5.41) is 0. The van der Waals surface area contributed by atoms with E-state index in [1.54, 1.807) is 12.4 Å². The lowest BCUT2D eigenvalue weighted by molar-refractivity contribution is 1.11. The lowest BCUT2D eigenvalue weighted by Crippen LogP contribution is -1.94. The predicted molar refractivity (Wildman–Crippen MR) is 80.1 cm³/mol. The third-order valence-electron chi connectivity index (χ3n) is 3.15. The standard InChI is InChI=1S/C17H15N3/c1-2-13-11-16(14-7-3-5-9-18-14)20-17(12-13)15-8-4-6-10-19-15/h3-12H,2H2,1H3. The quantitative estimate of drug-likeness (QED) is 0.720. The van der Waals surface area contributed by atoms with E-state index >= 15 is 0 Å². The average Bonchev–Trinajstić information content (AvgIpc) is 2.56. The summed E-state index contributed by atoms with van der Waals surface area (Å²) in [5.41, 5.74) is 4.80. The van der Waals surface area contributed by atoms with Crippen molar-refractivity contribution in [2.45, 2.75) is 13.3 Å². The second-order valence-electron chi connectivity index (χ2n) is 4.53. The minimum absolute atomic E-state index is 0.889. The molecule has 0 bridgehead atoms. The summed E-state index contributed by atoms with van der Waals surface area (Å²) in [5.74, 6) is 0. The largest absolute Gasteiger partial charge is 0.255 e. The van der Waals surface area contributed by atoms with Gasteiger partial charge in [-0.2, -0.15) is 0 Å². The first kappa shape index (κ1) is 12.5. The van der Waals surface area contributed by atoms with Crippen molar-refractivity contribution in [2.75, 3.05) is 0 Å². The molecule has 3 aromatic heterocycles. The Balaban J connectivity index is 2.13. The summed E-state index contributed by atoms with van der Waals surface area (Å²) in [6, 6.07) is 15.9. The zero-order valence-corrected chi connectivity index (χ0v) is 11.3.